The fraction of sp³-hybridized carbons (Fsp3) is 0.0870. The Morgan fingerprint density at radius 2 is 1.79 bits per heavy atom. The van der Waals surface area contributed by atoms with Crippen molar-refractivity contribution in [1.29, 1.82) is 0 Å². The van der Waals surface area contributed by atoms with Gasteiger partial charge in [0.05, 0.1) is 7.11 Å². The van der Waals surface area contributed by atoms with Crippen LogP contribution in [0.25, 0.3) is 22.2 Å². The Morgan fingerprint density at radius 3 is 2.52 bits per heavy atom. The number of ether oxygens (including phenoxy) is 1. The van der Waals surface area contributed by atoms with Crippen LogP contribution >= 0.6 is 11.6 Å². The molecule has 0 aliphatic rings. The summed E-state index contributed by atoms with van der Waals surface area (Å²) in [6.45, 7) is 0. The number of carbonyl (C=O) groups excluding carboxylic acids is 1. The fourth-order valence-corrected chi connectivity index (χ4v) is 3.37. The predicted molar refractivity (Wildman–Crippen MR) is 114 cm³/mol. The van der Waals surface area contributed by atoms with Crippen molar-refractivity contribution in [1.82, 2.24) is 9.55 Å². The Labute approximate surface area is 172 Å². The van der Waals surface area contributed by atoms with Crippen molar-refractivity contribution in [2.45, 2.75) is 0 Å². The van der Waals surface area contributed by atoms with E-state index >= 15 is 0 Å². The first-order valence-electron chi connectivity index (χ1n) is 8.92. The SMILES string of the molecule is COc1cccc(-c2cc(=O)n(C)c3ncc(C(=O)c4ccc(Cl)cc4)cc23)c1. The lowest BCUT2D eigenvalue weighted by Gasteiger charge is -2.12. The molecule has 0 aliphatic carbocycles. The molecule has 4 aromatic rings. The lowest BCUT2D eigenvalue weighted by Crippen LogP contribution is -2.17. The number of hydrogen-bond donors (Lipinski definition) is 0. The number of carbonyl (C=O) groups is 1. The van der Waals surface area contributed by atoms with Gasteiger partial charge in [-0.15, -0.1) is 0 Å². The zero-order chi connectivity index (χ0) is 20.5. The van der Waals surface area contributed by atoms with E-state index in [1.807, 2.05) is 24.3 Å². The second-order valence-electron chi connectivity index (χ2n) is 6.62. The van der Waals surface area contributed by atoms with Gasteiger partial charge in [-0.3, -0.25) is 14.2 Å². The van der Waals surface area contributed by atoms with E-state index in [-0.39, 0.29) is 11.3 Å². The number of halogens is 1. The number of ketones is 1. The number of rotatable bonds is 4. The highest BCUT2D eigenvalue weighted by Gasteiger charge is 2.15. The fourth-order valence-electron chi connectivity index (χ4n) is 3.25. The van der Waals surface area contributed by atoms with Gasteiger partial charge in [-0.1, -0.05) is 23.7 Å². The summed E-state index contributed by atoms with van der Waals surface area (Å²) in [4.78, 5) is 29.8. The summed E-state index contributed by atoms with van der Waals surface area (Å²) in [7, 11) is 3.25. The number of aryl methyl sites for hydroxylation is 1. The first-order valence-corrected chi connectivity index (χ1v) is 9.30. The van der Waals surface area contributed by atoms with E-state index in [9.17, 15) is 9.59 Å². The summed E-state index contributed by atoms with van der Waals surface area (Å²) < 4.78 is 6.78. The molecule has 144 valence electrons. The summed E-state index contributed by atoms with van der Waals surface area (Å²) in [6.07, 6.45) is 1.49. The number of benzene rings is 2. The summed E-state index contributed by atoms with van der Waals surface area (Å²) in [5, 5.41) is 1.27. The van der Waals surface area contributed by atoms with Crippen LogP contribution in [0.3, 0.4) is 0 Å². The zero-order valence-electron chi connectivity index (χ0n) is 15.8. The van der Waals surface area contributed by atoms with E-state index in [0.29, 0.717) is 38.5 Å². The monoisotopic (exact) mass is 404 g/mol. The van der Waals surface area contributed by atoms with Gasteiger partial charge < -0.3 is 4.74 Å². The maximum absolute atomic E-state index is 12.9. The highest BCUT2D eigenvalue weighted by Crippen LogP contribution is 2.29. The molecule has 0 bridgehead atoms. The van der Waals surface area contributed by atoms with Gasteiger partial charge in [0.25, 0.3) is 5.56 Å². The average Bonchev–Trinajstić information content (AvgIpc) is 2.76. The topological polar surface area (TPSA) is 61.2 Å². The van der Waals surface area contributed by atoms with Gasteiger partial charge in [-0.2, -0.15) is 0 Å². The minimum absolute atomic E-state index is 0.165. The summed E-state index contributed by atoms with van der Waals surface area (Å²) >= 11 is 5.92. The highest BCUT2D eigenvalue weighted by atomic mass is 35.5. The van der Waals surface area contributed by atoms with Crippen molar-refractivity contribution in [2.75, 3.05) is 7.11 Å². The Kier molecular flexibility index (Phi) is 4.91. The van der Waals surface area contributed by atoms with E-state index in [1.165, 1.54) is 10.8 Å². The molecule has 0 N–H and O–H groups in total. The van der Waals surface area contributed by atoms with Gasteiger partial charge in [-0.25, -0.2) is 4.98 Å². The molecule has 0 aliphatic heterocycles. The van der Waals surface area contributed by atoms with Crippen molar-refractivity contribution in [3.05, 3.63) is 93.4 Å². The number of nitrogens with zero attached hydrogens (tertiary/aromatic N) is 2. The van der Waals surface area contributed by atoms with Crippen LogP contribution in [0.2, 0.25) is 5.02 Å². The van der Waals surface area contributed by atoms with E-state index in [1.54, 1.807) is 50.6 Å². The highest BCUT2D eigenvalue weighted by molar-refractivity contribution is 6.30. The molecule has 2 heterocycles. The summed E-state index contributed by atoms with van der Waals surface area (Å²) in [5.41, 5.74) is 2.78. The van der Waals surface area contributed by atoms with Crippen molar-refractivity contribution in [3.63, 3.8) is 0 Å². The molecule has 0 atom stereocenters. The van der Waals surface area contributed by atoms with Gasteiger partial charge >= 0.3 is 0 Å². The molecule has 2 aromatic heterocycles. The molecule has 5 nitrogen and oxygen atoms in total. The Balaban J connectivity index is 1.93. The Hall–Kier alpha value is -3.44. The van der Waals surface area contributed by atoms with Gasteiger partial charge in [0.2, 0.25) is 0 Å². The first-order chi connectivity index (χ1) is 14.0. The Morgan fingerprint density at radius 1 is 1.03 bits per heavy atom. The first kappa shape index (κ1) is 18.9. The van der Waals surface area contributed by atoms with Crippen LogP contribution in [0.1, 0.15) is 15.9 Å². The Bertz CT molecular complexity index is 1290. The largest absolute Gasteiger partial charge is 0.497 e. The van der Waals surface area contributed by atoms with Crippen LogP contribution in [-0.4, -0.2) is 22.4 Å². The molecule has 0 unspecified atom stereocenters. The van der Waals surface area contributed by atoms with E-state index in [2.05, 4.69) is 4.98 Å². The molecule has 0 radical (unpaired) electrons. The maximum Gasteiger partial charge on any atom is 0.252 e. The lowest BCUT2D eigenvalue weighted by molar-refractivity contribution is 0.103. The number of aromatic nitrogens is 2. The number of pyridine rings is 2. The van der Waals surface area contributed by atoms with Gasteiger partial charge in [0.1, 0.15) is 11.4 Å². The molecule has 2 aromatic carbocycles. The molecule has 0 saturated heterocycles. The maximum atomic E-state index is 12.9. The second kappa shape index (κ2) is 7.53. The molecule has 4 rings (SSSR count). The normalized spacial score (nSPS) is 10.9. The van der Waals surface area contributed by atoms with Crippen LogP contribution in [-0.2, 0) is 7.05 Å². The quantitative estimate of drug-likeness (QED) is 0.470. The van der Waals surface area contributed by atoms with Crippen molar-refractivity contribution >= 4 is 28.4 Å². The smallest absolute Gasteiger partial charge is 0.252 e. The average molecular weight is 405 g/mol. The molecule has 0 saturated carbocycles. The van der Waals surface area contributed by atoms with E-state index < -0.39 is 0 Å². The third-order valence-electron chi connectivity index (χ3n) is 4.82. The zero-order valence-corrected chi connectivity index (χ0v) is 16.6. The lowest BCUT2D eigenvalue weighted by atomic mass is 9.99. The van der Waals surface area contributed by atoms with Gasteiger partial charge in [-0.05, 0) is 53.6 Å². The molecule has 0 spiro atoms. The van der Waals surface area contributed by atoms with Crippen molar-refractivity contribution in [2.24, 2.45) is 7.05 Å². The molecule has 0 amide bonds. The van der Waals surface area contributed by atoms with Crippen LogP contribution < -0.4 is 10.3 Å². The molecule has 0 fully saturated rings. The minimum atomic E-state index is -0.181. The second-order valence-corrected chi connectivity index (χ2v) is 7.05. The van der Waals surface area contributed by atoms with Gasteiger partial charge in [0, 0.05) is 40.8 Å². The molecule has 29 heavy (non-hydrogen) atoms. The van der Waals surface area contributed by atoms with Crippen LogP contribution in [0.5, 0.6) is 5.75 Å². The third-order valence-corrected chi connectivity index (χ3v) is 5.07. The molecular weight excluding hydrogens is 388 g/mol. The number of methoxy groups -OCH3 is 1. The number of fused-ring (bicyclic) bond motifs is 1. The van der Waals surface area contributed by atoms with Crippen LogP contribution in [0, 0.1) is 0 Å². The molecule has 6 heteroatoms. The summed E-state index contributed by atoms with van der Waals surface area (Å²) in [6, 6.07) is 17.5. The van der Waals surface area contributed by atoms with E-state index in [0.717, 1.165) is 5.56 Å². The van der Waals surface area contributed by atoms with Crippen LogP contribution in [0.4, 0.5) is 0 Å². The van der Waals surface area contributed by atoms with E-state index in [4.69, 9.17) is 16.3 Å². The third kappa shape index (κ3) is 3.52. The van der Waals surface area contributed by atoms with Crippen molar-refractivity contribution < 1.29 is 9.53 Å². The van der Waals surface area contributed by atoms with Crippen LogP contribution in [0.15, 0.2) is 71.7 Å². The standard InChI is InChI=1S/C23H17ClN2O3/c1-26-21(27)12-19(15-4-3-5-18(10-15)29-2)20-11-16(13-25-23(20)26)22(28)14-6-8-17(24)9-7-14/h3-13H,1-2H3. The van der Waals surface area contributed by atoms with Gasteiger partial charge in [0.15, 0.2) is 5.78 Å². The predicted octanol–water partition coefficient (Wildman–Crippen LogP) is 4.49. The van der Waals surface area contributed by atoms with Crippen molar-refractivity contribution in [3.8, 4) is 16.9 Å². The summed E-state index contributed by atoms with van der Waals surface area (Å²) in [5.74, 6) is 0.513. The molecular formula is C23H17ClN2O3. The number of hydrogen-bond acceptors (Lipinski definition) is 4. The minimum Gasteiger partial charge on any atom is -0.497 e.